The fourth-order valence-electron chi connectivity index (χ4n) is 3.65. The Kier molecular flexibility index (Phi) is 2.87. The smallest absolute Gasteiger partial charge is 0.333 e. The Balaban J connectivity index is 2.14. The molecule has 2 saturated carbocycles. The second kappa shape index (κ2) is 3.86. The molecule has 2 aliphatic rings. The van der Waals surface area contributed by atoms with Crippen molar-refractivity contribution >= 4 is 5.97 Å². The zero-order valence-corrected chi connectivity index (χ0v) is 11.7. The van der Waals surface area contributed by atoms with E-state index in [-0.39, 0.29) is 17.5 Å². The van der Waals surface area contributed by atoms with Gasteiger partial charge in [0, 0.05) is 11.0 Å². The number of allylic oxidation sites excluding steroid dienone is 1. The zero-order valence-electron chi connectivity index (χ0n) is 11.7. The first-order chi connectivity index (χ1) is 7.83. The number of carbonyl (C=O) groups excluding carboxylic acids is 1. The Morgan fingerprint density at radius 2 is 2.00 bits per heavy atom. The Labute approximate surface area is 104 Å². The van der Waals surface area contributed by atoms with E-state index < -0.39 is 0 Å². The quantitative estimate of drug-likeness (QED) is 0.539. The number of fused-ring (bicyclic) bond motifs is 2. The molecule has 3 unspecified atom stereocenters. The van der Waals surface area contributed by atoms with Gasteiger partial charge in [-0.25, -0.2) is 4.79 Å². The lowest BCUT2D eigenvalue weighted by Gasteiger charge is -2.38. The van der Waals surface area contributed by atoms with Crippen LogP contribution in [0.2, 0.25) is 0 Å². The van der Waals surface area contributed by atoms with E-state index in [0.717, 1.165) is 12.3 Å². The van der Waals surface area contributed by atoms with Crippen LogP contribution in [0.25, 0.3) is 0 Å². The lowest BCUT2D eigenvalue weighted by Crippen LogP contribution is -2.38. The van der Waals surface area contributed by atoms with Gasteiger partial charge in [0.05, 0.1) is 0 Å². The maximum absolute atomic E-state index is 11.9. The van der Waals surface area contributed by atoms with E-state index in [4.69, 9.17) is 4.74 Å². The molecule has 0 aromatic carbocycles. The van der Waals surface area contributed by atoms with Crippen LogP contribution in [0.5, 0.6) is 0 Å². The van der Waals surface area contributed by atoms with Gasteiger partial charge in [-0.1, -0.05) is 26.8 Å². The third kappa shape index (κ3) is 1.64. The molecule has 0 amide bonds. The minimum Gasteiger partial charge on any atom is -0.458 e. The molecule has 3 atom stereocenters. The van der Waals surface area contributed by atoms with Crippen LogP contribution in [0.15, 0.2) is 11.6 Å². The third-order valence-corrected chi connectivity index (χ3v) is 5.72. The number of carbonyl (C=O) groups is 1. The average molecular weight is 236 g/mol. The molecule has 2 bridgehead atoms. The molecular weight excluding hydrogens is 212 g/mol. The van der Waals surface area contributed by atoms with Gasteiger partial charge in [0.15, 0.2) is 0 Å². The molecule has 17 heavy (non-hydrogen) atoms. The van der Waals surface area contributed by atoms with E-state index in [1.54, 1.807) is 0 Å². The lowest BCUT2D eigenvalue weighted by atomic mass is 9.70. The summed E-state index contributed by atoms with van der Waals surface area (Å²) in [5.41, 5.74) is 1.19. The van der Waals surface area contributed by atoms with Crippen molar-refractivity contribution in [3.8, 4) is 0 Å². The van der Waals surface area contributed by atoms with Gasteiger partial charge in [-0.15, -0.1) is 0 Å². The first kappa shape index (κ1) is 12.7. The Bertz CT molecular complexity index is 367. The molecule has 2 fully saturated rings. The second-order valence-electron chi connectivity index (χ2n) is 6.48. The normalized spacial score (nSPS) is 39.5. The van der Waals surface area contributed by atoms with Gasteiger partial charge in [0.1, 0.15) is 6.10 Å². The molecule has 2 heteroatoms. The molecule has 0 N–H and O–H groups in total. The van der Waals surface area contributed by atoms with Crippen molar-refractivity contribution in [3.05, 3.63) is 11.6 Å². The first-order valence-corrected chi connectivity index (χ1v) is 6.67. The molecule has 0 aliphatic heterocycles. The second-order valence-corrected chi connectivity index (χ2v) is 6.48. The molecule has 0 saturated heterocycles. The third-order valence-electron chi connectivity index (χ3n) is 5.72. The Morgan fingerprint density at radius 3 is 2.41 bits per heavy atom. The summed E-state index contributed by atoms with van der Waals surface area (Å²) in [7, 11) is 0. The van der Waals surface area contributed by atoms with Crippen LogP contribution in [0.3, 0.4) is 0 Å². The highest BCUT2D eigenvalue weighted by atomic mass is 16.5. The first-order valence-electron chi connectivity index (χ1n) is 6.67. The van der Waals surface area contributed by atoms with Gasteiger partial charge in [-0.05, 0) is 44.4 Å². The maximum atomic E-state index is 11.9. The SMILES string of the molecule is C/C=C(/C)C(=O)OC1CC2CCC1(C)C2(C)C. The molecule has 0 aromatic rings. The van der Waals surface area contributed by atoms with Crippen molar-refractivity contribution in [2.24, 2.45) is 16.7 Å². The highest BCUT2D eigenvalue weighted by molar-refractivity contribution is 5.87. The van der Waals surface area contributed by atoms with E-state index >= 15 is 0 Å². The molecular formula is C15H24O2. The molecule has 0 spiro atoms. The number of esters is 1. The minimum absolute atomic E-state index is 0.110. The summed E-state index contributed by atoms with van der Waals surface area (Å²) < 4.78 is 5.73. The van der Waals surface area contributed by atoms with Crippen LogP contribution in [-0.4, -0.2) is 12.1 Å². The fourth-order valence-corrected chi connectivity index (χ4v) is 3.65. The average Bonchev–Trinajstić information content (AvgIpc) is 2.60. The summed E-state index contributed by atoms with van der Waals surface area (Å²) in [4.78, 5) is 11.9. The van der Waals surface area contributed by atoms with Gasteiger partial charge >= 0.3 is 5.97 Å². The molecule has 0 heterocycles. The van der Waals surface area contributed by atoms with Crippen LogP contribution in [0.1, 0.15) is 53.9 Å². The van der Waals surface area contributed by atoms with Gasteiger partial charge in [0.25, 0.3) is 0 Å². The standard InChI is InChI=1S/C15H24O2/c1-6-10(2)13(16)17-12-9-11-7-8-15(12,5)14(11,3)4/h6,11-12H,7-9H2,1-5H3/b10-6-. The number of hydrogen-bond acceptors (Lipinski definition) is 2. The van der Waals surface area contributed by atoms with Crippen molar-refractivity contribution < 1.29 is 9.53 Å². The summed E-state index contributed by atoms with van der Waals surface area (Å²) in [6.45, 7) is 10.7. The van der Waals surface area contributed by atoms with Crippen molar-refractivity contribution in [2.45, 2.75) is 60.0 Å². The van der Waals surface area contributed by atoms with E-state index in [2.05, 4.69) is 20.8 Å². The molecule has 96 valence electrons. The zero-order chi connectivity index (χ0) is 12.8. The van der Waals surface area contributed by atoms with Crippen LogP contribution in [0, 0.1) is 16.7 Å². The number of hydrogen-bond donors (Lipinski definition) is 0. The molecule has 2 rings (SSSR count). The van der Waals surface area contributed by atoms with Crippen molar-refractivity contribution in [2.75, 3.05) is 0 Å². The highest BCUT2D eigenvalue weighted by Crippen LogP contribution is 2.66. The van der Waals surface area contributed by atoms with E-state index in [9.17, 15) is 4.79 Å². The Hall–Kier alpha value is -0.790. The predicted molar refractivity (Wildman–Crippen MR) is 68.5 cm³/mol. The van der Waals surface area contributed by atoms with Gasteiger partial charge in [0.2, 0.25) is 0 Å². The lowest BCUT2D eigenvalue weighted by molar-refractivity contribution is -0.151. The van der Waals surface area contributed by atoms with Crippen molar-refractivity contribution in [1.82, 2.24) is 0 Å². The topological polar surface area (TPSA) is 26.3 Å². The Morgan fingerprint density at radius 1 is 1.35 bits per heavy atom. The van der Waals surface area contributed by atoms with Gasteiger partial charge in [-0.2, -0.15) is 0 Å². The highest BCUT2D eigenvalue weighted by Gasteiger charge is 2.62. The van der Waals surface area contributed by atoms with Crippen LogP contribution in [-0.2, 0) is 9.53 Å². The van der Waals surface area contributed by atoms with Crippen LogP contribution < -0.4 is 0 Å². The summed E-state index contributed by atoms with van der Waals surface area (Å²) in [5, 5.41) is 0. The van der Waals surface area contributed by atoms with Crippen molar-refractivity contribution in [1.29, 1.82) is 0 Å². The fraction of sp³-hybridized carbons (Fsp3) is 0.800. The molecule has 0 aromatic heterocycles. The van der Waals surface area contributed by atoms with Gasteiger partial charge < -0.3 is 4.74 Å². The summed E-state index contributed by atoms with van der Waals surface area (Å²) in [5.74, 6) is 0.582. The predicted octanol–water partition coefficient (Wildman–Crippen LogP) is 3.71. The van der Waals surface area contributed by atoms with Crippen LogP contribution in [0.4, 0.5) is 0 Å². The minimum atomic E-state index is -0.137. The molecule has 2 nitrogen and oxygen atoms in total. The maximum Gasteiger partial charge on any atom is 0.333 e. The van der Waals surface area contributed by atoms with E-state index in [1.807, 2.05) is 19.9 Å². The number of ether oxygens (including phenoxy) is 1. The molecule has 0 radical (unpaired) electrons. The molecule has 2 aliphatic carbocycles. The summed E-state index contributed by atoms with van der Waals surface area (Å²) in [6, 6.07) is 0. The summed E-state index contributed by atoms with van der Waals surface area (Å²) in [6.07, 6.45) is 5.46. The van der Waals surface area contributed by atoms with Gasteiger partial charge in [-0.3, -0.25) is 0 Å². The van der Waals surface area contributed by atoms with Crippen molar-refractivity contribution in [3.63, 3.8) is 0 Å². The largest absolute Gasteiger partial charge is 0.458 e. The monoisotopic (exact) mass is 236 g/mol. The van der Waals surface area contributed by atoms with E-state index in [1.165, 1.54) is 12.8 Å². The number of rotatable bonds is 2. The van der Waals surface area contributed by atoms with Crippen LogP contribution >= 0.6 is 0 Å². The summed E-state index contributed by atoms with van der Waals surface area (Å²) >= 11 is 0. The van der Waals surface area contributed by atoms with E-state index in [0.29, 0.717) is 11.0 Å².